The lowest BCUT2D eigenvalue weighted by Gasteiger charge is -2.20. The lowest BCUT2D eigenvalue weighted by Crippen LogP contribution is -2.29. The van der Waals surface area contributed by atoms with E-state index >= 15 is 0 Å². The topological polar surface area (TPSA) is 216 Å². The fourth-order valence-corrected chi connectivity index (χ4v) is 6.15. The lowest BCUT2D eigenvalue weighted by molar-refractivity contribution is -0.161. The minimum atomic E-state index is -4.88. The fourth-order valence-electron chi connectivity index (χ4n) is 4.99. The molecule has 0 saturated carbocycles. The molecule has 0 heterocycles. The average Bonchev–Trinajstić information content (AvgIpc) is 3.16. The predicted octanol–water partition coefficient (Wildman–Crippen LogP) is 9.05. The van der Waals surface area contributed by atoms with Gasteiger partial charge < -0.3 is 34.4 Å². The van der Waals surface area contributed by atoms with E-state index in [-0.39, 0.29) is 12.8 Å². The van der Waals surface area contributed by atoms with Crippen molar-refractivity contribution >= 4 is 27.6 Å². The van der Waals surface area contributed by atoms with Crippen LogP contribution in [0.4, 0.5) is 0 Å². The smallest absolute Gasteiger partial charge is 0.462 e. The molecule has 0 radical (unpaired) electrons. The van der Waals surface area contributed by atoms with Crippen LogP contribution in [0.15, 0.2) is 72.9 Å². The second-order valence-corrected chi connectivity index (χ2v) is 16.9. The zero-order valence-electron chi connectivity index (χ0n) is 34.9. The Bertz CT molecular complexity index is 1330. The van der Waals surface area contributed by atoms with Crippen molar-refractivity contribution in [1.29, 1.82) is 0 Å². The molecule has 0 rings (SSSR count). The first-order valence-electron chi connectivity index (χ1n) is 20.6. The first-order chi connectivity index (χ1) is 27.6. The van der Waals surface area contributed by atoms with Crippen LogP contribution >= 0.6 is 15.6 Å². The van der Waals surface area contributed by atoms with E-state index in [1.807, 2.05) is 54.7 Å². The van der Waals surface area contributed by atoms with Crippen molar-refractivity contribution in [3.05, 3.63) is 72.9 Å². The number of phosphoric acid groups is 2. The summed E-state index contributed by atoms with van der Waals surface area (Å²) >= 11 is 0. The summed E-state index contributed by atoms with van der Waals surface area (Å²) in [7, 11) is -9.72. The number of rotatable bonds is 37. The highest BCUT2D eigenvalue weighted by Crippen LogP contribution is 2.43. The first kappa shape index (κ1) is 55.5. The van der Waals surface area contributed by atoms with Gasteiger partial charge in [-0.25, -0.2) is 9.13 Å². The Morgan fingerprint density at radius 1 is 0.621 bits per heavy atom. The van der Waals surface area contributed by atoms with Gasteiger partial charge in [-0.05, 0) is 50.9 Å². The van der Waals surface area contributed by atoms with Crippen LogP contribution in [0.25, 0.3) is 0 Å². The van der Waals surface area contributed by atoms with E-state index < -0.39 is 72.3 Å². The average molecular weight is 863 g/mol. The molecule has 5 N–H and O–H groups in total. The third kappa shape index (κ3) is 40.3. The molecule has 0 saturated heterocycles. The van der Waals surface area contributed by atoms with E-state index in [4.69, 9.17) is 23.8 Å². The van der Waals surface area contributed by atoms with E-state index in [2.05, 4.69) is 42.0 Å². The van der Waals surface area contributed by atoms with E-state index in [1.165, 1.54) is 32.1 Å². The number of unbranched alkanes of at least 4 members (excludes halogenated alkanes) is 7. The fraction of sp³-hybridized carbons (Fsp3) is 0.667. The zero-order chi connectivity index (χ0) is 43.3. The normalized spacial score (nSPS) is 15.5. The molecular formula is C42H72O14P2. The first-order valence-corrected chi connectivity index (χ1v) is 23.6. The van der Waals surface area contributed by atoms with Gasteiger partial charge in [-0.1, -0.05) is 145 Å². The summed E-state index contributed by atoms with van der Waals surface area (Å²) in [5.74, 6) is -0.435. The number of allylic oxidation sites excluding steroid dienone is 10. The third-order valence-electron chi connectivity index (χ3n) is 8.12. The van der Waals surface area contributed by atoms with Crippen LogP contribution in [0, 0.1) is 5.92 Å². The van der Waals surface area contributed by atoms with Gasteiger partial charge in [-0.2, -0.15) is 0 Å². The number of carbonyl (C=O) groups excluding carboxylic acids is 2. The molecular weight excluding hydrogens is 790 g/mol. The van der Waals surface area contributed by atoms with Gasteiger partial charge in [0, 0.05) is 12.8 Å². The highest BCUT2D eigenvalue weighted by molar-refractivity contribution is 7.47. The molecule has 0 aromatic heterocycles. The zero-order valence-corrected chi connectivity index (χ0v) is 36.7. The van der Waals surface area contributed by atoms with E-state index in [9.17, 15) is 33.8 Å². The van der Waals surface area contributed by atoms with Gasteiger partial charge in [0.25, 0.3) is 0 Å². The number of aliphatic hydroxyl groups is 2. The van der Waals surface area contributed by atoms with Crippen molar-refractivity contribution in [2.24, 2.45) is 5.92 Å². The van der Waals surface area contributed by atoms with Gasteiger partial charge in [-0.15, -0.1) is 0 Å². The van der Waals surface area contributed by atoms with Crippen LogP contribution in [0.2, 0.25) is 0 Å². The molecule has 0 fully saturated rings. The molecule has 58 heavy (non-hydrogen) atoms. The van der Waals surface area contributed by atoms with Crippen molar-refractivity contribution in [3.63, 3.8) is 0 Å². The largest absolute Gasteiger partial charge is 0.472 e. The van der Waals surface area contributed by atoms with Crippen LogP contribution in [0.1, 0.15) is 130 Å². The summed E-state index contributed by atoms with van der Waals surface area (Å²) in [5.41, 5.74) is 0. The molecule has 0 aliphatic carbocycles. The summed E-state index contributed by atoms with van der Waals surface area (Å²) in [4.78, 5) is 52.5. The number of phosphoric ester groups is 2. The molecule has 2 unspecified atom stereocenters. The predicted molar refractivity (Wildman–Crippen MR) is 226 cm³/mol. The monoisotopic (exact) mass is 862 g/mol. The quantitative estimate of drug-likeness (QED) is 0.0130. The van der Waals surface area contributed by atoms with Crippen molar-refractivity contribution < 1.29 is 66.7 Å². The molecule has 0 amide bonds. The summed E-state index contributed by atoms with van der Waals surface area (Å²) in [6, 6.07) is 0. The summed E-state index contributed by atoms with van der Waals surface area (Å²) in [6.45, 7) is 3.71. The highest BCUT2D eigenvalue weighted by Gasteiger charge is 2.28. The molecule has 334 valence electrons. The van der Waals surface area contributed by atoms with Crippen LogP contribution in [-0.4, -0.2) is 81.6 Å². The molecule has 14 nitrogen and oxygen atoms in total. The van der Waals surface area contributed by atoms with Gasteiger partial charge in [0.15, 0.2) is 6.10 Å². The second kappa shape index (κ2) is 36.4. The van der Waals surface area contributed by atoms with Gasteiger partial charge in [0.05, 0.1) is 25.9 Å². The maximum absolute atomic E-state index is 12.6. The second-order valence-electron chi connectivity index (χ2n) is 14.2. The Morgan fingerprint density at radius 2 is 1.19 bits per heavy atom. The molecule has 0 aromatic rings. The molecule has 0 aliphatic rings. The van der Waals surface area contributed by atoms with Crippen molar-refractivity contribution in [2.45, 2.75) is 148 Å². The number of carbonyl (C=O) groups is 2. The standard InChI is InChI=1S/C42H72O14P2/c1-4-5-6-7-19-24-29-38(43)30-25-20-15-10-8-9-11-17-22-27-32-42(46)56-40(36-55-58(50,51)54-34-39(44)33-53-57(47,48)49)35-52-41(45)31-26-21-16-13-12-14-18-23-28-37(2)3/h5-6,8-9,15,17,19-20,22,24-25,30,37-40,43-44H,4,7,10-14,16,18,21,23,26-29,31-36H2,1-3H3,(H,50,51)(H2,47,48,49)/b6-5-,9-8-,20-15-,22-17-,24-19-,30-25+/t38?,39-,40+/m0/s1. The molecule has 0 aromatic carbocycles. The number of hydrogen-bond donors (Lipinski definition) is 5. The highest BCUT2D eigenvalue weighted by atomic mass is 31.2. The van der Waals surface area contributed by atoms with E-state index in [1.54, 1.807) is 6.08 Å². The van der Waals surface area contributed by atoms with Crippen molar-refractivity contribution in [3.8, 4) is 0 Å². The SMILES string of the molecule is CC/C=C\C/C=C\CC(O)/C=C/C=C\C/C=C\C/C=C\CCC(=O)O[C@H](COC(=O)CCCCCCCCCCC(C)C)COP(=O)(O)OC[C@@H](O)COP(=O)(O)O. The van der Waals surface area contributed by atoms with Gasteiger partial charge in [0.1, 0.15) is 12.7 Å². The maximum Gasteiger partial charge on any atom is 0.472 e. The van der Waals surface area contributed by atoms with E-state index in [0.29, 0.717) is 32.1 Å². The number of hydrogen-bond acceptors (Lipinski definition) is 11. The molecule has 0 aliphatic heterocycles. The molecule has 0 spiro atoms. The summed E-state index contributed by atoms with van der Waals surface area (Å²) < 4.78 is 47.5. The van der Waals surface area contributed by atoms with Crippen molar-refractivity contribution in [1.82, 2.24) is 0 Å². The van der Waals surface area contributed by atoms with E-state index in [0.717, 1.165) is 38.0 Å². The van der Waals surface area contributed by atoms with Gasteiger partial charge >= 0.3 is 27.6 Å². The molecule has 16 heteroatoms. The summed E-state index contributed by atoms with van der Waals surface area (Å²) in [5, 5.41) is 19.7. The van der Waals surface area contributed by atoms with Crippen LogP contribution in [0.5, 0.6) is 0 Å². The van der Waals surface area contributed by atoms with Crippen LogP contribution in [0.3, 0.4) is 0 Å². The van der Waals surface area contributed by atoms with Crippen LogP contribution in [-0.2, 0) is 41.8 Å². The maximum atomic E-state index is 12.6. The lowest BCUT2D eigenvalue weighted by atomic mass is 10.0. The number of esters is 2. The Morgan fingerprint density at radius 3 is 1.84 bits per heavy atom. The Kier molecular flexibility index (Phi) is 34.8. The minimum absolute atomic E-state index is 0.0198. The van der Waals surface area contributed by atoms with Gasteiger partial charge in [0.2, 0.25) is 0 Å². The molecule has 4 atom stereocenters. The number of ether oxygens (including phenoxy) is 2. The Balaban J connectivity index is 4.74. The third-order valence-corrected chi connectivity index (χ3v) is 9.56. The van der Waals surface area contributed by atoms with Gasteiger partial charge in [-0.3, -0.25) is 23.2 Å². The molecule has 0 bridgehead atoms. The number of aliphatic hydroxyl groups excluding tert-OH is 2. The Hall–Kier alpha value is -2.48. The van der Waals surface area contributed by atoms with Crippen molar-refractivity contribution in [2.75, 3.05) is 26.4 Å². The minimum Gasteiger partial charge on any atom is -0.462 e. The Labute approximate surface area is 347 Å². The summed E-state index contributed by atoms with van der Waals surface area (Å²) in [6.07, 6.45) is 34.0. The van der Waals surface area contributed by atoms with Crippen LogP contribution < -0.4 is 0 Å².